The number of fused-ring (bicyclic) bond motifs is 1. The van der Waals surface area contributed by atoms with Gasteiger partial charge < -0.3 is 14.3 Å². The molecule has 6 heteroatoms. The number of imidazole rings is 1. The molecule has 1 amide bonds. The third kappa shape index (κ3) is 2.71. The fraction of sp³-hybridized carbons (Fsp3) is 0.222. The molecule has 1 N–H and O–H groups in total. The molecule has 0 fully saturated rings. The largest absolute Gasteiger partial charge is 0.451 e. The van der Waals surface area contributed by atoms with Gasteiger partial charge in [-0.3, -0.25) is 4.79 Å². The molecule has 3 aromatic rings. The zero-order chi connectivity index (χ0) is 16.5. The van der Waals surface area contributed by atoms with Crippen LogP contribution in [-0.2, 0) is 13.0 Å². The van der Waals surface area contributed by atoms with E-state index in [2.05, 4.69) is 10.3 Å². The second-order valence-corrected chi connectivity index (χ2v) is 5.85. The molecule has 3 heterocycles. The van der Waals surface area contributed by atoms with Gasteiger partial charge in [-0.15, -0.1) is 0 Å². The van der Waals surface area contributed by atoms with Crippen molar-refractivity contribution in [3.63, 3.8) is 0 Å². The van der Waals surface area contributed by atoms with Crippen LogP contribution in [0.3, 0.4) is 0 Å². The first kappa shape index (κ1) is 14.7. The van der Waals surface area contributed by atoms with Crippen LogP contribution < -0.4 is 5.32 Å². The predicted octanol–water partition coefficient (Wildman–Crippen LogP) is 3.03. The SMILES string of the molecule is O=C(N[C@H]1CCc2nccn2C1)c1ccc(-c2ccccc2F)o1. The van der Waals surface area contributed by atoms with E-state index < -0.39 is 0 Å². The van der Waals surface area contributed by atoms with Gasteiger partial charge in [0.2, 0.25) is 0 Å². The van der Waals surface area contributed by atoms with Gasteiger partial charge in [0.1, 0.15) is 17.4 Å². The molecule has 4 rings (SSSR count). The molecule has 1 atom stereocenters. The van der Waals surface area contributed by atoms with Crippen LogP contribution in [0.1, 0.15) is 22.8 Å². The Morgan fingerprint density at radius 3 is 3.04 bits per heavy atom. The Bertz CT molecular complexity index is 884. The highest BCUT2D eigenvalue weighted by atomic mass is 19.1. The summed E-state index contributed by atoms with van der Waals surface area (Å²) in [5.41, 5.74) is 0.345. The number of amides is 1. The van der Waals surface area contributed by atoms with Gasteiger partial charge in [-0.2, -0.15) is 0 Å². The lowest BCUT2D eigenvalue weighted by Gasteiger charge is -2.24. The summed E-state index contributed by atoms with van der Waals surface area (Å²) in [7, 11) is 0. The molecule has 5 nitrogen and oxygen atoms in total. The van der Waals surface area contributed by atoms with Crippen molar-refractivity contribution in [2.75, 3.05) is 0 Å². The van der Waals surface area contributed by atoms with Crippen molar-refractivity contribution in [2.45, 2.75) is 25.4 Å². The van der Waals surface area contributed by atoms with Gasteiger partial charge in [0.05, 0.1) is 5.56 Å². The molecule has 122 valence electrons. The number of benzene rings is 1. The highest BCUT2D eigenvalue weighted by Gasteiger charge is 2.22. The van der Waals surface area contributed by atoms with E-state index in [4.69, 9.17) is 4.42 Å². The van der Waals surface area contributed by atoms with E-state index in [-0.39, 0.29) is 23.5 Å². The van der Waals surface area contributed by atoms with Crippen LogP contribution in [0.15, 0.2) is 53.2 Å². The number of furan rings is 1. The van der Waals surface area contributed by atoms with Crippen LogP contribution >= 0.6 is 0 Å². The van der Waals surface area contributed by atoms with Gasteiger partial charge in [-0.1, -0.05) is 12.1 Å². The summed E-state index contributed by atoms with van der Waals surface area (Å²) < 4.78 is 21.4. The molecule has 2 aromatic heterocycles. The lowest BCUT2D eigenvalue weighted by atomic mass is 10.1. The van der Waals surface area contributed by atoms with E-state index in [1.54, 1.807) is 36.5 Å². The highest BCUT2D eigenvalue weighted by molar-refractivity contribution is 5.92. The zero-order valence-corrected chi connectivity index (χ0v) is 12.9. The summed E-state index contributed by atoms with van der Waals surface area (Å²) in [5, 5.41) is 2.97. The molecule has 0 saturated heterocycles. The zero-order valence-electron chi connectivity index (χ0n) is 12.9. The molecule has 0 radical (unpaired) electrons. The van der Waals surface area contributed by atoms with Crippen molar-refractivity contribution >= 4 is 5.91 Å². The first-order valence-electron chi connectivity index (χ1n) is 7.86. The molecule has 0 spiro atoms. The third-order valence-corrected chi connectivity index (χ3v) is 4.24. The van der Waals surface area contributed by atoms with Gasteiger partial charge in [-0.25, -0.2) is 9.37 Å². The molecule has 0 bridgehead atoms. The van der Waals surface area contributed by atoms with Crippen LogP contribution in [0.2, 0.25) is 0 Å². The summed E-state index contributed by atoms with van der Waals surface area (Å²) in [4.78, 5) is 16.6. The van der Waals surface area contributed by atoms with Crippen LogP contribution in [0.4, 0.5) is 4.39 Å². The Morgan fingerprint density at radius 1 is 1.29 bits per heavy atom. The van der Waals surface area contributed by atoms with E-state index >= 15 is 0 Å². The van der Waals surface area contributed by atoms with E-state index in [9.17, 15) is 9.18 Å². The van der Waals surface area contributed by atoms with Crippen LogP contribution in [0, 0.1) is 5.82 Å². The molecule has 1 aliphatic heterocycles. The molecule has 24 heavy (non-hydrogen) atoms. The van der Waals surface area contributed by atoms with E-state index in [1.807, 2.05) is 10.8 Å². The van der Waals surface area contributed by atoms with Gasteiger partial charge >= 0.3 is 0 Å². The van der Waals surface area contributed by atoms with Crippen LogP contribution in [0.25, 0.3) is 11.3 Å². The van der Waals surface area contributed by atoms with Gasteiger partial charge in [0, 0.05) is 31.4 Å². The summed E-state index contributed by atoms with van der Waals surface area (Å²) >= 11 is 0. The second-order valence-electron chi connectivity index (χ2n) is 5.85. The highest BCUT2D eigenvalue weighted by Crippen LogP contribution is 2.25. The minimum absolute atomic E-state index is 0.0289. The maximum atomic E-state index is 13.8. The second kappa shape index (κ2) is 5.96. The number of aromatic nitrogens is 2. The lowest BCUT2D eigenvalue weighted by Crippen LogP contribution is -2.40. The standard InChI is InChI=1S/C18H16FN3O2/c19-14-4-2-1-3-13(14)15-6-7-16(24-15)18(23)21-12-5-8-17-20-9-10-22(17)11-12/h1-4,6-7,9-10,12H,5,8,11H2,(H,21,23)/t12-/m0/s1. The minimum atomic E-state index is -0.376. The molecule has 1 aliphatic rings. The third-order valence-electron chi connectivity index (χ3n) is 4.24. The number of rotatable bonds is 3. The Morgan fingerprint density at radius 2 is 2.17 bits per heavy atom. The molecule has 0 unspecified atom stereocenters. The average Bonchev–Trinajstić information content (AvgIpc) is 3.24. The van der Waals surface area contributed by atoms with Gasteiger partial charge in [0.25, 0.3) is 5.91 Å². The van der Waals surface area contributed by atoms with Crippen molar-refractivity contribution in [3.8, 4) is 11.3 Å². The Hall–Kier alpha value is -2.89. The fourth-order valence-corrected chi connectivity index (χ4v) is 3.01. The summed E-state index contributed by atoms with van der Waals surface area (Å²) in [6.45, 7) is 0.696. The smallest absolute Gasteiger partial charge is 0.287 e. The fourth-order valence-electron chi connectivity index (χ4n) is 3.01. The van der Waals surface area contributed by atoms with E-state index in [0.717, 1.165) is 18.7 Å². The molecule has 1 aromatic carbocycles. The maximum Gasteiger partial charge on any atom is 0.287 e. The van der Waals surface area contributed by atoms with Crippen LogP contribution in [-0.4, -0.2) is 21.5 Å². The first-order valence-corrected chi connectivity index (χ1v) is 7.86. The van der Waals surface area contributed by atoms with E-state index in [0.29, 0.717) is 17.9 Å². The lowest BCUT2D eigenvalue weighted by molar-refractivity contribution is 0.0900. The summed E-state index contributed by atoms with van der Waals surface area (Å²) in [5.74, 6) is 0.911. The van der Waals surface area contributed by atoms with Gasteiger partial charge in [-0.05, 0) is 30.7 Å². The van der Waals surface area contributed by atoms with Crippen molar-refractivity contribution < 1.29 is 13.6 Å². The normalized spacial score (nSPS) is 16.6. The van der Waals surface area contributed by atoms with Gasteiger partial charge in [0.15, 0.2) is 5.76 Å². The Labute approximate surface area is 138 Å². The summed E-state index contributed by atoms with van der Waals surface area (Å²) in [6, 6.07) is 9.54. The molecular formula is C18H16FN3O2. The predicted molar refractivity (Wildman–Crippen MR) is 85.9 cm³/mol. The number of nitrogens with one attached hydrogen (secondary N) is 1. The van der Waals surface area contributed by atoms with Crippen molar-refractivity contribution in [1.82, 2.24) is 14.9 Å². The number of halogens is 1. The number of carbonyl (C=O) groups is 1. The molecule has 0 saturated carbocycles. The first-order chi connectivity index (χ1) is 11.7. The number of nitrogens with zero attached hydrogens (tertiary/aromatic N) is 2. The van der Waals surface area contributed by atoms with Crippen molar-refractivity contribution in [2.24, 2.45) is 0 Å². The average molecular weight is 325 g/mol. The van der Waals surface area contributed by atoms with E-state index in [1.165, 1.54) is 6.07 Å². The van der Waals surface area contributed by atoms with Crippen LogP contribution in [0.5, 0.6) is 0 Å². The van der Waals surface area contributed by atoms with Crippen molar-refractivity contribution in [1.29, 1.82) is 0 Å². The number of aryl methyl sites for hydroxylation is 1. The molecule has 0 aliphatic carbocycles. The monoisotopic (exact) mass is 325 g/mol. The quantitative estimate of drug-likeness (QED) is 0.805. The number of hydrogen-bond donors (Lipinski definition) is 1. The maximum absolute atomic E-state index is 13.8. The topological polar surface area (TPSA) is 60.1 Å². The Kier molecular flexibility index (Phi) is 3.65. The summed E-state index contributed by atoms with van der Waals surface area (Å²) in [6.07, 6.45) is 5.35. The Balaban J connectivity index is 1.47. The minimum Gasteiger partial charge on any atom is -0.451 e. The van der Waals surface area contributed by atoms with Crippen molar-refractivity contribution in [3.05, 3.63) is 66.2 Å². The number of carbonyl (C=O) groups excluding carboxylic acids is 1. The number of hydrogen-bond acceptors (Lipinski definition) is 3. The molecular weight excluding hydrogens is 309 g/mol.